The van der Waals surface area contributed by atoms with Gasteiger partial charge in [-0.25, -0.2) is 0 Å². The van der Waals surface area contributed by atoms with Crippen LogP contribution >= 0.6 is 0 Å². The summed E-state index contributed by atoms with van der Waals surface area (Å²) < 4.78 is 0. The van der Waals surface area contributed by atoms with Crippen LogP contribution in [0.1, 0.15) is 44.5 Å². The lowest BCUT2D eigenvalue weighted by atomic mass is 10.1. The SMILES string of the molecule is CCC(NC(C)Cc1cc(C)[nH]n1)C1CC1. The molecule has 0 spiro atoms. The Balaban J connectivity index is 1.80. The maximum atomic E-state index is 4.28. The predicted octanol–water partition coefficient (Wildman–Crippen LogP) is 2.43. The lowest BCUT2D eigenvalue weighted by molar-refractivity contribution is 0.395. The molecule has 2 unspecified atom stereocenters. The largest absolute Gasteiger partial charge is 0.311 e. The van der Waals surface area contributed by atoms with E-state index in [9.17, 15) is 0 Å². The third-order valence-electron chi connectivity index (χ3n) is 3.40. The Hall–Kier alpha value is -0.830. The van der Waals surface area contributed by atoms with Crippen molar-refractivity contribution in [2.24, 2.45) is 5.92 Å². The molecular weight excluding hydrogens is 198 g/mol. The van der Waals surface area contributed by atoms with Crippen LogP contribution in [0.3, 0.4) is 0 Å². The van der Waals surface area contributed by atoms with Crippen molar-refractivity contribution in [1.82, 2.24) is 15.5 Å². The van der Waals surface area contributed by atoms with E-state index in [2.05, 4.69) is 35.4 Å². The highest BCUT2D eigenvalue weighted by molar-refractivity contribution is 5.08. The van der Waals surface area contributed by atoms with E-state index >= 15 is 0 Å². The van der Waals surface area contributed by atoms with Gasteiger partial charge in [0.05, 0.1) is 5.69 Å². The van der Waals surface area contributed by atoms with Gasteiger partial charge in [-0.1, -0.05) is 6.92 Å². The van der Waals surface area contributed by atoms with Gasteiger partial charge in [-0.05, 0) is 45.1 Å². The molecule has 2 atom stereocenters. The molecule has 1 aromatic rings. The molecule has 1 aromatic heterocycles. The summed E-state index contributed by atoms with van der Waals surface area (Å²) in [6.45, 7) is 6.59. The molecule has 1 saturated carbocycles. The lowest BCUT2D eigenvalue weighted by Crippen LogP contribution is -2.38. The zero-order valence-corrected chi connectivity index (χ0v) is 10.6. The topological polar surface area (TPSA) is 40.7 Å². The second-order valence-corrected chi connectivity index (χ2v) is 5.17. The zero-order chi connectivity index (χ0) is 11.5. The first kappa shape index (κ1) is 11.6. The van der Waals surface area contributed by atoms with Crippen LogP contribution in [0.15, 0.2) is 6.07 Å². The number of nitrogens with one attached hydrogen (secondary N) is 2. The molecule has 16 heavy (non-hydrogen) atoms. The number of rotatable bonds is 6. The number of aryl methyl sites for hydroxylation is 1. The number of aromatic nitrogens is 2. The quantitative estimate of drug-likeness (QED) is 0.774. The van der Waals surface area contributed by atoms with Crippen LogP contribution in [0, 0.1) is 12.8 Å². The number of aromatic amines is 1. The van der Waals surface area contributed by atoms with Crippen molar-refractivity contribution in [1.29, 1.82) is 0 Å². The Labute approximate surface area is 98.0 Å². The number of hydrogen-bond acceptors (Lipinski definition) is 2. The van der Waals surface area contributed by atoms with Crippen molar-refractivity contribution >= 4 is 0 Å². The van der Waals surface area contributed by atoms with Crippen LogP contribution in [-0.2, 0) is 6.42 Å². The summed E-state index contributed by atoms with van der Waals surface area (Å²) in [6, 6.07) is 3.37. The van der Waals surface area contributed by atoms with Gasteiger partial charge in [-0.3, -0.25) is 5.10 Å². The van der Waals surface area contributed by atoms with Crippen LogP contribution < -0.4 is 5.32 Å². The Kier molecular flexibility index (Phi) is 3.64. The van der Waals surface area contributed by atoms with E-state index in [1.807, 2.05) is 6.92 Å². The van der Waals surface area contributed by atoms with Crippen molar-refractivity contribution in [2.75, 3.05) is 0 Å². The standard InChI is InChI=1S/C13H23N3/c1-4-13(11-5-6-11)14-9(2)7-12-8-10(3)15-16-12/h8-9,11,13-14H,4-7H2,1-3H3,(H,15,16). The van der Waals surface area contributed by atoms with Gasteiger partial charge in [0.25, 0.3) is 0 Å². The first-order valence-electron chi connectivity index (χ1n) is 6.46. The van der Waals surface area contributed by atoms with Gasteiger partial charge in [0.2, 0.25) is 0 Å². The lowest BCUT2D eigenvalue weighted by Gasteiger charge is -2.21. The Bertz CT molecular complexity index is 328. The average Bonchev–Trinajstić information content (AvgIpc) is 3.00. The fourth-order valence-electron chi connectivity index (χ4n) is 2.40. The Morgan fingerprint density at radius 1 is 1.56 bits per heavy atom. The Morgan fingerprint density at radius 3 is 2.81 bits per heavy atom. The summed E-state index contributed by atoms with van der Waals surface area (Å²) in [7, 11) is 0. The highest BCUT2D eigenvalue weighted by Crippen LogP contribution is 2.34. The van der Waals surface area contributed by atoms with Crippen molar-refractivity contribution in [3.05, 3.63) is 17.5 Å². The van der Waals surface area contributed by atoms with E-state index in [1.165, 1.54) is 25.0 Å². The molecule has 1 aliphatic carbocycles. The molecule has 0 aliphatic heterocycles. The van der Waals surface area contributed by atoms with E-state index in [4.69, 9.17) is 0 Å². The number of hydrogen-bond donors (Lipinski definition) is 2. The maximum Gasteiger partial charge on any atom is 0.0640 e. The van der Waals surface area contributed by atoms with E-state index in [0.29, 0.717) is 6.04 Å². The second-order valence-electron chi connectivity index (χ2n) is 5.17. The molecule has 0 aromatic carbocycles. The van der Waals surface area contributed by atoms with Gasteiger partial charge in [-0.2, -0.15) is 5.10 Å². The van der Waals surface area contributed by atoms with E-state index in [0.717, 1.165) is 24.1 Å². The van der Waals surface area contributed by atoms with Crippen molar-refractivity contribution in [3.8, 4) is 0 Å². The van der Waals surface area contributed by atoms with Gasteiger partial charge in [0.15, 0.2) is 0 Å². The summed E-state index contributed by atoms with van der Waals surface area (Å²) in [6.07, 6.45) is 5.10. The van der Waals surface area contributed by atoms with Gasteiger partial charge >= 0.3 is 0 Å². The number of H-pyrrole nitrogens is 1. The predicted molar refractivity (Wildman–Crippen MR) is 66.4 cm³/mol. The molecule has 3 heteroatoms. The molecule has 1 fully saturated rings. The van der Waals surface area contributed by atoms with Crippen LogP contribution in [0.2, 0.25) is 0 Å². The molecule has 0 bridgehead atoms. The molecule has 3 nitrogen and oxygen atoms in total. The monoisotopic (exact) mass is 221 g/mol. The zero-order valence-electron chi connectivity index (χ0n) is 10.6. The van der Waals surface area contributed by atoms with Crippen LogP contribution in [0.5, 0.6) is 0 Å². The minimum absolute atomic E-state index is 0.522. The van der Waals surface area contributed by atoms with Crippen molar-refractivity contribution < 1.29 is 0 Å². The normalized spacial score (nSPS) is 19.7. The van der Waals surface area contributed by atoms with Gasteiger partial charge in [-0.15, -0.1) is 0 Å². The minimum atomic E-state index is 0.522. The van der Waals surface area contributed by atoms with Crippen LogP contribution in [-0.4, -0.2) is 22.3 Å². The van der Waals surface area contributed by atoms with E-state index in [1.54, 1.807) is 0 Å². The maximum absolute atomic E-state index is 4.28. The van der Waals surface area contributed by atoms with Gasteiger partial charge in [0, 0.05) is 24.2 Å². The summed E-state index contributed by atoms with van der Waals surface area (Å²) in [5.74, 6) is 0.938. The molecule has 1 heterocycles. The third-order valence-corrected chi connectivity index (χ3v) is 3.40. The highest BCUT2D eigenvalue weighted by Gasteiger charge is 2.30. The smallest absolute Gasteiger partial charge is 0.0640 e. The fourth-order valence-corrected chi connectivity index (χ4v) is 2.40. The van der Waals surface area contributed by atoms with Gasteiger partial charge in [0.1, 0.15) is 0 Å². The molecule has 90 valence electrons. The minimum Gasteiger partial charge on any atom is -0.311 e. The number of nitrogens with zero attached hydrogens (tertiary/aromatic N) is 1. The molecule has 0 amide bonds. The molecule has 1 aliphatic rings. The summed E-state index contributed by atoms with van der Waals surface area (Å²) >= 11 is 0. The summed E-state index contributed by atoms with van der Waals surface area (Å²) in [4.78, 5) is 0. The van der Waals surface area contributed by atoms with Crippen LogP contribution in [0.25, 0.3) is 0 Å². The molecule has 0 saturated heterocycles. The van der Waals surface area contributed by atoms with Gasteiger partial charge < -0.3 is 5.32 Å². The van der Waals surface area contributed by atoms with Crippen molar-refractivity contribution in [3.63, 3.8) is 0 Å². The fraction of sp³-hybridized carbons (Fsp3) is 0.769. The van der Waals surface area contributed by atoms with E-state index < -0.39 is 0 Å². The third kappa shape index (κ3) is 3.08. The first-order chi connectivity index (χ1) is 7.69. The van der Waals surface area contributed by atoms with Crippen molar-refractivity contribution in [2.45, 2.75) is 58.5 Å². The second kappa shape index (κ2) is 5.00. The molecule has 2 N–H and O–H groups in total. The summed E-state index contributed by atoms with van der Waals surface area (Å²) in [5, 5.41) is 11.0. The molecule has 2 rings (SSSR count). The highest BCUT2D eigenvalue weighted by atomic mass is 15.1. The van der Waals surface area contributed by atoms with Crippen LogP contribution in [0.4, 0.5) is 0 Å². The average molecular weight is 221 g/mol. The molecular formula is C13H23N3. The van der Waals surface area contributed by atoms with E-state index in [-0.39, 0.29) is 0 Å². The molecule has 0 radical (unpaired) electrons. The summed E-state index contributed by atoms with van der Waals surface area (Å²) in [5.41, 5.74) is 2.32. The Morgan fingerprint density at radius 2 is 2.31 bits per heavy atom. The first-order valence-corrected chi connectivity index (χ1v) is 6.46.